The van der Waals surface area contributed by atoms with Gasteiger partial charge >= 0.3 is 5.97 Å². The first-order chi connectivity index (χ1) is 12.0. The summed E-state index contributed by atoms with van der Waals surface area (Å²) in [7, 11) is 0. The van der Waals surface area contributed by atoms with Crippen LogP contribution in [0.1, 0.15) is 40.5 Å². The van der Waals surface area contributed by atoms with Crippen molar-refractivity contribution in [1.82, 2.24) is 16.0 Å². The van der Waals surface area contributed by atoms with Crippen LogP contribution >= 0.6 is 0 Å². The summed E-state index contributed by atoms with van der Waals surface area (Å²) in [5.41, 5.74) is 0. The van der Waals surface area contributed by atoms with Gasteiger partial charge in [0.05, 0.1) is 18.6 Å². The van der Waals surface area contributed by atoms with Crippen LogP contribution in [-0.2, 0) is 24.0 Å². The number of carboxylic acid groups (broad SMARTS) is 1. The molecule has 0 aromatic carbocycles. The number of aliphatic carboxylic acids is 1. The molecule has 0 spiro atoms. The Labute approximate surface area is 151 Å². The lowest BCUT2D eigenvalue weighted by atomic mass is 10.0. The molecule has 4 atom stereocenters. The van der Waals surface area contributed by atoms with E-state index in [0.29, 0.717) is 6.42 Å². The van der Waals surface area contributed by atoms with Crippen molar-refractivity contribution in [2.75, 3.05) is 0 Å². The molecular formula is C16H27N3O7. The predicted molar refractivity (Wildman–Crippen MR) is 90.9 cm³/mol. The van der Waals surface area contributed by atoms with E-state index in [-0.39, 0.29) is 12.2 Å². The minimum absolute atomic E-state index is 0.0754. The number of carbonyl (C=O) groups excluding carboxylic acids is 4. The van der Waals surface area contributed by atoms with E-state index in [1.165, 1.54) is 13.8 Å². The largest absolute Gasteiger partial charge is 0.481 e. The van der Waals surface area contributed by atoms with Crippen LogP contribution in [0.4, 0.5) is 0 Å². The second-order valence-electron chi connectivity index (χ2n) is 6.46. The average molecular weight is 373 g/mol. The molecule has 0 aromatic heterocycles. The van der Waals surface area contributed by atoms with Crippen LogP contribution in [0.3, 0.4) is 0 Å². The van der Waals surface area contributed by atoms with Crippen molar-refractivity contribution in [3.05, 3.63) is 0 Å². The molecule has 0 saturated carbocycles. The number of aliphatic hydroxyl groups is 1. The summed E-state index contributed by atoms with van der Waals surface area (Å²) in [4.78, 5) is 57.4. The number of nitrogens with one attached hydrogen (secondary N) is 3. The van der Waals surface area contributed by atoms with Gasteiger partial charge in [-0.3, -0.25) is 19.2 Å². The van der Waals surface area contributed by atoms with E-state index < -0.39 is 54.3 Å². The van der Waals surface area contributed by atoms with E-state index in [9.17, 15) is 29.1 Å². The first-order valence-corrected chi connectivity index (χ1v) is 8.20. The summed E-state index contributed by atoms with van der Waals surface area (Å²) in [5.74, 6) is -3.21. The molecule has 0 rings (SSSR count). The maximum Gasteiger partial charge on any atom is 0.305 e. The van der Waals surface area contributed by atoms with Gasteiger partial charge in [0.15, 0.2) is 0 Å². The lowest BCUT2D eigenvalue weighted by Crippen LogP contribution is -2.58. The van der Waals surface area contributed by atoms with Crippen LogP contribution in [0.25, 0.3) is 0 Å². The third-order valence-electron chi connectivity index (χ3n) is 3.35. The normalized spacial score (nSPS) is 15.3. The van der Waals surface area contributed by atoms with Gasteiger partial charge in [0.25, 0.3) is 0 Å². The molecule has 0 aromatic rings. The fourth-order valence-corrected chi connectivity index (χ4v) is 2.20. The molecule has 0 aliphatic rings. The molecule has 0 bridgehead atoms. The monoisotopic (exact) mass is 373 g/mol. The van der Waals surface area contributed by atoms with Crippen LogP contribution in [0.5, 0.6) is 0 Å². The van der Waals surface area contributed by atoms with Gasteiger partial charge in [-0.1, -0.05) is 13.8 Å². The van der Waals surface area contributed by atoms with Crippen LogP contribution in [-0.4, -0.2) is 64.4 Å². The van der Waals surface area contributed by atoms with Gasteiger partial charge in [-0.15, -0.1) is 0 Å². The number of carbonyl (C=O) groups is 5. The zero-order chi connectivity index (χ0) is 20.4. The van der Waals surface area contributed by atoms with Crippen molar-refractivity contribution in [3.8, 4) is 0 Å². The molecule has 0 aliphatic carbocycles. The third-order valence-corrected chi connectivity index (χ3v) is 3.35. The number of hydrogen-bond acceptors (Lipinski definition) is 6. The molecule has 0 aliphatic heterocycles. The Balaban J connectivity index is 5.14. The smallest absolute Gasteiger partial charge is 0.305 e. The summed E-state index contributed by atoms with van der Waals surface area (Å²) in [6.07, 6.45) is -1.37. The fraction of sp³-hybridized carbons (Fsp3) is 0.688. The highest BCUT2D eigenvalue weighted by atomic mass is 16.4. The predicted octanol–water partition coefficient (Wildman–Crippen LogP) is -1.44. The van der Waals surface area contributed by atoms with Crippen molar-refractivity contribution in [3.63, 3.8) is 0 Å². The molecule has 3 amide bonds. The quantitative estimate of drug-likeness (QED) is 0.277. The van der Waals surface area contributed by atoms with Gasteiger partial charge in [-0.05, 0) is 19.3 Å². The van der Waals surface area contributed by atoms with E-state index in [1.807, 2.05) is 13.8 Å². The van der Waals surface area contributed by atoms with E-state index in [2.05, 4.69) is 16.0 Å². The number of rotatable bonds is 11. The summed E-state index contributed by atoms with van der Waals surface area (Å²) in [6.45, 7) is 6.20. The lowest BCUT2D eigenvalue weighted by molar-refractivity contribution is -0.139. The Bertz CT molecular complexity index is 534. The van der Waals surface area contributed by atoms with Gasteiger partial charge in [0.1, 0.15) is 18.4 Å². The van der Waals surface area contributed by atoms with Gasteiger partial charge in [-0.25, -0.2) is 0 Å². The van der Waals surface area contributed by atoms with Crippen LogP contribution in [0, 0.1) is 5.92 Å². The molecule has 10 heteroatoms. The molecule has 0 heterocycles. The summed E-state index contributed by atoms with van der Waals surface area (Å²) < 4.78 is 0. The number of amides is 3. The minimum atomic E-state index is -1.41. The maximum atomic E-state index is 12.4. The highest BCUT2D eigenvalue weighted by Crippen LogP contribution is 2.06. The second-order valence-corrected chi connectivity index (χ2v) is 6.46. The minimum Gasteiger partial charge on any atom is -0.481 e. The third kappa shape index (κ3) is 9.11. The highest BCUT2D eigenvalue weighted by Gasteiger charge is 2.31. The average Bonchev–Trinajstić information content (AvgIpc) is 2.48. The van der Waals surface area contributed by atoms with E-state index in [1.54, 1.807) is 0 Å². The molecule has 0 unspecified atom stereocenters. The summed E-state index contributed by atoms with van der Waals surface area (Å²) in [5, 5.41) is 25.4. The van der Waals surface area contributed by atoms with Crippen molar-refractivity contribution in [1.29, 1.82) is 0 Å². The van der Waals surface area contributed by atoms with E-state index in [0.717, 1.165) is 0 Å². The molecule has 10 nitrogen and oxygen atoms in total. The highest BCUT2D eigenvalue weighted by molar-refractivity contribution is 5.93. The molecule has 26 heavy (non-hydrogen) atoms. The second kappa shape index (κ2) is 11.2. The molecule has 5 N–H and O–H groups in total. The Hall–Kier alpha value is -2.49. The molecule has 0 radical (unpaired) electrons. The number of aliphatic hydroxyl groups excluding tert-OH is 1. The Morgan fingerprint density at radius 1 is 1.00 bits per heavy atom. The zero-order valence-electron chi connectivity index (χ0n) is 15.3. The van der Waals surface area contributed by atoms with Crippen LogP contribution in [0.2, 0.25) is 0 Å². The Morgan fingerprint density at radius 3 is 1.96 bits per heavy atom. The molecule has 148 valence electrons. The maximum absolute atomic E-state index is 12.4. The summed E-state index contributed by atoms with van der Waals surface area (Å²) in [6, 6.07) is -3.61. The lowest BCUT2D eigenvalue weighted by Gasteiger charge is -2.26. The Morgan fingerprint density at radius 2 is 1.58 bits per heavy atom. The van der Waals surface area contributed by atoms with Gasteiger partial charge < -0.3 is 31.0 Å². The standard InChI is InChI=1S/C16H27N3O7/c1-8(2)5-12(17-10(4)22)15(25)19-14(9(3)21)16(26)18-11(7-20)6-13(23)24/h7-9,11-12,14,21H,5-6H2,1-4H3,(H,17,22)(H,18,26)(H,19,25)(H,23,24)/t9-,11+,12+,14+/m1/s1. The fourth-order valence-electron chi connectivity index (χ4n) is 2.20. The van der Waals surface area contributed by atoms with Gasteiger partial charge in [0, 0.05) is 6.92 Å². The van der Waals surface area contributed by atoms with Crippen LogP contribution in [0.15, 0.2) is 0 Å². The van der Waals surface area contributed by atoms with Crippen molar-refractivity contribution < 1.29 is 34.2 Å². The van der Waals surface area contributed by atoms with Gasteiger partial charge in [-0.2, -0.15) is 0 Å². The molecular weight excluding hydrogens is 346 g/mol. The van der Waals surface area contributed by atoms with Crippen molar-refractivity contribution >= 4 is 30.0 Å². The van der Waals surface area contributed by atoms with Crippen molar-refractivity contribution in [2.45, 2.75) is 64.8 Å². The first kappa shape index (κ1) is 23.5. The number of hydrogen-bond donors (Lipinski definition) is 5. The van der Waals surface area contributed by atoms with Crippen LogP contribution < -0.4 is 16.0 Å². The molecule has 0 saturated heterocycles. The topological polar surface area (TPSA) is 162 Å². The van der Waals surface area contributed by atoms with Gasteiger partial charge in [0.2, 0.25) is 17.7 Å². The number of aldehydes is 1. The van der Waals surface area contributed by atoms with E-state index >= 15 is 0 Å². The van der Waals surface area contributed by atoms with E-state index in [4.69, 9.17) is 5.11 Å². The number of carboxylic acids is 1. The SMILES string of the molecule is CC(=O)N[C@@H](CC(C)C)C(=O)N[C@H](C(=O)N[C@H](C=O)CC(=O)O)[C@@H](C)O. The van der Waals surface area contributed by atoms with Crippen molar-refractivity contribution in [2.24, 2.45) is 5.92 Å². The molecule has 0 fully saturated rings. The summed E-state index contributed by atoms with van der Waals surface area (Å²) >= 11 is 0. The first-order valence-electron chi connectivity index (χ1n) is 8.20. The Kier molecular flexibility index (Phi) is 10.1. The zero-order valence-corrected chi connectivity index (χ0v) is 15.3.